The smallest absolute Gasteiger partial charge is 0.251 e. The highest BCUT2D eigenvalue weighted by Gasteiger charge is 2.16. The average Bonchev–Trinajstić information content (AvgIpc) is 2.33. The van der Waals surface area contributed by atoms with Crippen LogP contribution in [0.3, 0.4) is 0 Å². The van der Waals surface area contributed by atoms with Crippen molar-refractivity contribution in [3.8, 4) is 0 Å². The first-order valence-electron chi connectivity index (χ1n) is 3.56. The molecule has 1 heterocycles. The van der Waals surface area contributed by atoms with E-state index in [-0.39, 0.29) is 5.91 Å². The molecule has 58 valence electrons. The molecule has 1 N–H and O–H groups in total. The molecule has 1 aliphatic rings. The molecule has 11 heavy (non-hydrogen) atoms. The molecule has 0 aromatic carbocycles. The Kier molecular flexibility index (Phi) is 2.26. The van der Waals surface area contributed by atoms with Crippen molar-refractivity contribution in [2.45, 2.75) is 6.92 Å². The van der Waals surface area contributed by atoms with E-state index < -0.39 is 0 Å². The third-order valence-electron chi connectivity index (χ3n) is 1.60. The van der Waals surface area contributed by atoms with E-state index in [4.69, 9.17) is 0 Å². The minimum Gasteiger partial charge on any atom is -0.348 e. The van der Waals surface area contributed by atoms with Gasteiger partial charge in [-0.05, 0) is 12.5 Å². The highest BCUT2D eigenvalue weighted by atomic mass is 16.1. The Hall–Kier alpha value is -1.31. The second kappa shape index (κ2) is 3.19. The van der Waals surface area contributed by atoms with Crippen LogP contribution in [-0.4, -0.2) is 12.5 Å². The number of carbonyl (C=O) groups is 1. The van der Waals surface area contributed by atoms with Gasteiger partial charge in [-0.15, -0.1) is 0 Å². The summed E-state index contributed by atoms with van der Waals surface area (Å²) in [6, 6.07) is 0. The number of rotatable bonds is 2. The Bertz CT molecular complexity index is 248. The van der Waals surface area contributed by atoms with Crippen molar-refractivity contribution in [3.63, 3.8) is 0 Å². The summed E-state index contributed by atoms with van der Waals surface area (Å²) in [4.78, 5) is 11.0. The van der Waals surface area contributed by atoms with Crippen LogP contribution in [0.1, 0.15) is 6.92 Å². The fourth-order valence-corrected chi connectivity index (χ4v) is 1.09. The van der Waals surface area contributed by atoms with Crippen molar-refractivity contribution < 1.29 is 4.79 Å². The first kappa shape index (κ1) is 7.79. The molecule has 0 saturated heterocycles. The second-order valence-corrected chi connectivity index (χ2v) is 2.33. The van der Waals surface area contributed by atoms with Gasteiger partial charge in [0, 0.05) is 12.1 Å². The van der Waals surface area contributed by atoms with Gasteiger partial charge in [-0.3, -0.25) is 4.79 Å². The fraction of sp³-hybridized carbons (Fsp3) is 0.222. The predicted octanol–water partition coefficient (Wildman–Crippen LogP) is 1.17. The molecule has 0 aromatic rings. The molecule has 1 aliphatic heterocycles. The van der Waals surface area contributed by atoms with Crippen molar-refractivity contribution in [2.75, 3.05) is 6.54 Å². The van der Waals surface area contributed by atoms with Crippen LogP contribution in [0.2, 0.25) is 0 Å². The number of nitrogens with one attached hydrogen (secondary N) is 1. The summed E-state index contributed by atoms with van der Waals surface area (Å²) in [5.41, 5.74) is 1.72. The van der Waals surface area contributed by atoms with Crippen molar-refractivity contribution in [2.24, 2.45) is 0 Å². The first-order valence-corrected chi connectivity index (χ1v) is 3.56. The van der Waals surface area contributed by atoms with E-state index in [2.05, 4.69) is 11.9 Å². The van der Waals surface area contributed by atoms with Crippen LogP contribution in [0.15, 0.2) is 36.0 Å². The molecule has 0 spiro atoms. The van der Waals surface area contributed by atoms with Crippen LogP contribution in [0, 0.1) is 0 Å². The number of carbonyl (C=O) groups excluding carboxylic acids is 1. The molecule has 1 amide bonds. The van der Waals surface area contributed by atoms with Crippen LogP contribution in [0.5, 0.6) is 0 Å². The van der Waals surface area contributed by atoms with Crippen LogP contribution < -0.4 is 5.32 Å². The fourth-order valence-electron chi connectivity index (χ4n) is 1.09. The predicted molar refractivity (Wildman–Crippen MR) is 45.0 cm³/mol. The summed E-state index contributed by atoms with van der Waals surface area (Å²) < 4.78 is 0. The molecule has 0 unspecified atom stereocenters. The maximum Gasteiger partial charge on any atom is 0.251 e. The Balaban J connectivity index is 2.97. The SMILES string of the molecule is C=CC1=C(/C=C\C)CNC1=O. The van der Waals surface area contributed by atoms with E-state index in [1.807, 2.05) is 19.1 Å². The Labute approximate surface area is 66.3 Å². The second-order valence-electron chi connectivity index (χ2n) is 2.33. The van der Waals surface area contributed by atoms with E-state index in [0.717, 1.165) is 5.57 Å². The van der Waals surface area contributed by atoms with E-state index in [0.29, 0.717) is 12.1 Å². The maximum absolute atomic E-state index is 11.0. The van der Waals surface area contributed by atoms with Crippen molar-refractivity contribution in [3.05, 3.63) is 36.0 Å². The summed E-state index contributed by atoms with van der Waals surface area (Å²) in [7, 11) is 0. The van der Waals surface area contributed by atoms with Gasteiger partial charge in [-0.1, -0.05) is 24.8 Å². The molecular weight excluding hydrogens is 138 g/mol. The number of allylic oxidation sites excluding steroid dienone is 1. The molecule has 2 heteroatoms. The molecule has 1 rings (SSSR count). The quantitative estimate of drug-likeness (QED) is 0.627. The van der Waals surface area contributed by atoms with Gasteiger partial charge in [0.1, 0.15) is 0 Å². The lowest BCUT2D eigenvalue weighted by atomic mass is 10.1. The standard InChI is InChI=1S/C9H11NO/c1-3-5-7-6-10-9(11)8(7)4-2/h3-5H,2,6H2,1H3,(H,10,11)/b5-3-. The summed E-state index contributed by atoms with van der Waals surface area (Å²) in [5, 5.41) is 2.72. The lowest BCUT2D eigenvalue weighted by Gasteiger charge is -1.89. The molecule has 0 aliphatic carbocycles. The minimum absolute atomic E-state index is 0.0203. The lowest BCUT2D eigenvalue weighted by molar-refractivity contribution is -0.116. The van der Waals surface area contributed by atoms with E-state index in [9.17, 15) is 4.79 Å². The Morgan fingerprint density at radius 2 is 2.36 bits per heavy atom. The minimum atomic E-state index is -0.0203. The lowest BCUT2D eigenvalue weighted by Crippen LogP contribution is -2.16. The first-order chi connectivity index (χ1) is 5.29. The van der Waals surface area contributed by atoms with Gasteiger partial charge in [0.15, 0.2) is 0 Å². The number of amides is 1. The average molecular weight is 149 g/mol. The zero-order valence-corrected chi connectivity index (χ0v) is 6.55. The van der Waals surface area contributed by atoms with Gasteiger partial charge in [-0.2, -0.15) is 0 Å². The molecule has 0 atom stereocenters. The summed E-state index contributed by atoms with van der Waals surface area (Å²) in [6.45, 7) is 6.13. The van der Waals surface area contributed by atoms with Crippen molar-refractivity contribution in [1.29, 1.82) is 0 Å². The van der Waals surface area contributed by atoms with Crippen molar-refractivity contribution in [1.82, 2.24) is 5.32 Å². The molecule has 0 radical (unpaired) electrons. The van der Waals surface area contributed by atoms with E-state index >= 15 is 0 Å². The highest BCUT2D eigenvalue weighted by Crippen LogP contribution is 2.12. The van der Waals surface area contributed by atoms with Crippen molar-refractivity contribution >= 4 is 5.91 Å². The summed E-state index contributed by atoms with van der Waals surface area (Å²) >= 11 is 0. The van der Waals surface area contributed by atoms with E-state index in [1.165, 1.54) is 0 Å². The molecule has 2 nitrogen and oxygen atoms in total. The third-order valence-corrected chi connectivity index (χ3v) is 1.60. The van der Waals surface area contributed by atoms with Gasteiger partial charge >= 0.3 is 0 Å². The Morgan fingerprint density at radius 1 is 1.64 bits per heavy atom. The summed E-state index contributed by atoms with van der Waals surface area (Å²) in [5.74, 6) is -0.0203. The van der Waals surface area contributed by atoms with Gasteiger partial charge in [0.25, 0.3) is 5.91 Å². The number of hydrogen-bond donors (Lipinski definition) is 1. The molecule has 0 aromatic heterocycles. The highest BCUT2D eigenvalue weighted by molar-refractivity contribution is 6.00. The van der Waals surface area contributed by atoms with Gasteiger partial charge in [0.2, 0.25) is 0 Å². The Morgan fingerprint density at radius 3 is 2.91 bits per heavy atom. The van der Waals surface area contributed by atoms with Gasteiger partial charge in [0.05, 0.1) is 0 Å². The van der Waals surface area contributed by atoms with Crippen LogP contribution >= 0.6 is 0 Å². The summed E-state index contributed by atoms with van der Waals surface area (Å²) in [6.07, 6.45) is 5.44. The van der Waals surface area contributed by atoms with Crippen LogP contribution in [0.25, 0.3) is 0 Å². The van der Waals surface area contributed by atoms with Crippen LogP contribution in [0.4, 0.5) is 0 Å². The van der Waals surface area contributed by atoms with Crippen LogP contribution in [-0.2, 0) is 4.79 Å². The monoisotopic (exact) mass is 149 g/mol. The number of hydrogen-bond acceptors (Lipinski definition) is 1. The molecular formula is C9H11NO. The maximum atomic E-state index is 11.0. The zero-order valence-electron chi connectivity index (χ0n) is 6.55. The molecule has 0 bridgehead atoms. The molecule has 0 saturated carbocycles. The van der Waals surface area contributed by atoms with Gasteiger partial charge in [-0.25, -0.2) is 0 Å². The normalized spacial score (nSPS) is 17.7. The zero-order chi connectivity index (χ0) is 8.27. The van der Waals surface area contributed by atoms with E-state index in [1.54, 1.807) is 6.08 Å². The van der Waals surface area contributed by atoms with Gasteiger partial charge < -0.3 is 5.32 Å². The third kappa shape index (κ3) is 1.40. The molecule has 0 fully saturated rings. The topological polar surface area (TPSA) is 29.1 Å². The largest absolute Gasteiger partial charge is 0.348 e.